The summed E-state index contributed by atoms with van der Waals surface area (Å²) < 4.78 is 38.5. The molecule has 0 spiro atoms. The van der Waals surface area contributed by atoms with Crippen LogP contribution in [0.3, 0.4) is 0 Å². The van der Waals surface area contributed by atoms with Crippen molar-refractivity contribution in [2.45, 2.75) is 33.0 Å². The number of hydrogen-bond donors (Lipinski definition) is 3. The minimum atomic E-state index is -4.50. The summed E-state index contributed by atoms with van der Waals surface area (Å²) in [5.74, 6) is 4.54. The van der Waals surface area contributed by atoms with Gasteiger partial charge in [0.25, 0.3) is 5.91 Å². The molecular formula is C23H24F3N3O3. The molecule has 6 nitrogen and oxygen atoms in total. The molecule has 9 heteroatoms. The first-order valence-corrected chi connectivity index (χ1v) is 9.55. The highest BCUT2D eigenvalue weighted by atomic mass is 19.4. The third kappa shape index (κ3) is 6.71. The molecule has 170 valence electrons. The molecule has 0 saturated carbocycles. The Labute approximate surface area is 183 Å². The molecule has 0 atom stereocenters. The first-order chi connectivity index (χ1) is 14.9. The molecule has 0 bridgehead atoms. The maximum atomic E-state index is 12.8. The zero-order valence-corrected chi connectivity index (χ0v) is 17.7. The third-order valence-corrected chi connectivity index (χ3v) is 4.73. The van der Waals surface area contributed by atoms with E-state index in [1.165, 1.54) is 29.3 Å². The van der Waals surface area contributed by atoms with Gasteiger partial charge >= 0.3 is 12.1 Å². The summed E-state index contributed by atoms with van der Waals surface area (Å²) in [6.07, 6.45) is -4.71. The molecule has 0 saturated heterocycles. The van der Waals surface area contributed by atoms with Gasteiger partial charge in [0.2, 0.25) is 0 Å². The fourth-order valence-corrected chi connectivity index (χ4v) is 2.97. The molecule has 0 aliphatic heterocycles. The largest absolute Gasteiger partial charge is 0.481 e. The van der Waals surface area contributed by atoms with Crippen molar-refractivity contribution in [1.29, 1.82) is 0 Å². The van der Waals surface area contributed by atoms with E-state index in [1.54, 1.807) is 26.0 Å². The van der Waals surface area contributed by atoms with E-state index in [0.717, 1.165) is 17.7 Å². The minimum Gasteiger partial charge on any atom is -0.481 e. The molecule has 0 aliphatic rings. The third-order valence-electron chi connectivity index (χ3n) is 4.73. The number of amides is 1. The van der Waals surface area contributed by atoms with Crippen molar-refractivity contribution in [2.24, 2.45) is 5.84 Å². The SMILES string of the molecule is C=C(C)/C(CC(=O)O)=C(/C)N(N)Cc1ccc(C(=O)Nc2cccc(C(F)(F)F)c2)cc1. The van der Waals surface area contributed by atoms with E-state index in [4.69, 9.17) is 10.9 Å². The van der Waals surface area contributed by atoms with Gasteiger partial charge in [-0.25, -0.2) is 5.84 Å². The smallest absolute Gasteiger partial charge is 0.416 e. The number of benzene rings is 2. The summed E-state index contributed by atoms with van der Waals surface area (Å²) in [5.41, 5.74) is 1.88. The summed E-state index contributed by atoms with van der Waals surface area (Å²) >= 11 is 0. The lowest BCUT2D eigenvalue weighted by molar-refractivity contribution is -0.138. The van der Waals surface area contributed by atoms with Gasteiger partial charge in [0.1, 0.15) is 0 Å². The molecule has 1 amide bonds. The van der Waals surface area contributed by atoms with E-state index in [9.17, 15) is 22.8 Å². The van der Waals surface area contributed by atoms with Gasteiger partial charge in [0, 0.05) is 16.9 Å². The minimum absolute atomic E-state index is 0.0357. The predicted octanol–water partition coefficient (Wildman–Crippen LogP) is 4.96. The number of nitrogens with zero attached hydrogens (tertiary/aromatic N) is 1. The lowest BCUT2D eigenvalue weighted by Gasteiger charge is -2.23. The number of allylic oxidation sites excluding steroid dienone is 2. The second-order valence-corrected chi connectivity index (χ2v) is 7.27. The van der Waals surface area contributed by atoms with E-state index in [1.807, 2.05) is 0 Å². The second-order valence-electron chi connectivity index (χ2n) is 7.27. The van der Waals surface area contributed by atoms with Crippen molar-refractivity contribution in [2.75, 3.05) is 5.32 Å². The maximum Gasteiger partial charge on any atom is 0.416 e. The molecule has 4 N–H and O–H groups in total. The molecule has 0 unspecified atom stereocenters. The van der Waals surface area contributed by atoms with Crippen LogP contribution in [-0.4, -0.2) is 22.0 Å². The van der Waals surface area contributed by atoms with Crippen molar-refractivity contribution in [3.63, 3.8) is 0 Å². The van der Waals surface area contributed by atoms with E-state index in [0.29, 0.717) is 16.8 Å². The predicted molar refractivity (Wildman–Crippen MR) is 115 cm³/mol. The van der Waals surface area contributed by atoms with Crippen molar-refractivity contribution in [3.8, 4) is 0 Å². The summed E-state index contributed by atoms with van der Waals surface area (Å²) in [5, 5.41) is 12.9. The van der Waals surface area contributed by atoms with Gasteiger partial charge in [-0.05, 0) is 55.3 Å². The highest BCUT2D eigenvalue weighted by Gasteiger charge is 2.30. The monoisotopic (exact) mass is 447 g/mol. The summed E-state index contributed by atoms with van der Waals surface area (Å²) in [6.45, 7) is 7.44. The second kappa shape index (κ2) is 10.1. The fourth-order valence-electron chi connectivity index (χ4n) is 2.97. The molecule has 0 aliphatic carbocycles. The lowest BCUT2D eigenvalue weighted by atomic mass is 10.0. The maximum absolute atomic E-state index is 12.8. The van der Waals surface area contributed by atoms with Crippen molar-refractivity contribution < 1.29 is 27.9 Å². The zero-order valence-electron chi connectivity index (χ0n) is 17.7. The molecule has 0 aromatic heterocycles. The number of nitrogens with two attached hydrogens (primary N) is 1. The van der Waals surface area contributed by atoms with Gasteiger partial charge < -0.3 is 15.4 Å². The van der Waals surface area contributed by atoms with E-state index in [-0.39, 0.29) is 24.2 Å². The number of rotatable bonds is 8. The number of halogens is 3. The number of hydrazine groups is 1. The summed E-state index contributed by atoms with van der Waals surface area (Å²) in [4.78, 5) is 23.5. The molecule has 0 fully saturated rings. The van der Waals surface area contributed by atoms with Gasteiger partial charge in [-0.1, -0.05) is 30.4 Å². The molecule has 32 heavy (non-hydrogen) atoms. The Morgan fingerprint density at radius 3 is 2.28 bits per heavy atom. The highest BCUT2D eigenvalue weighted by molar-refractivity contribution is 6.04. The van der Waals surface area contributed by atoms with Crippen LogP contribution in [-0.2, 0) is 17.5 Å². The van der Waals surface area contributed by atoms with Crippen LogP contribution < -0.4 is 11.2 Å². The van der Waals surface area contributed by atoms with Crippen molar-refractivity contribution in [1.82, 2.24) is 5.01 Å². The van der Waals surface area contributed by atoms with Gasteiger partial charge in [-0.15, -0.1) is 0 Å². The standard InChI is InChI=1S/C23H24F3N3O3/c1-14(2)20(12-21(30)31)15(3)29(27)13-16-7-9-17(10-8-16)22(32)28-19-6-4-5-18(11-19)23(24,25)26/h4-11H,1,12-13,27H2,2-3H3,(H,28,32)(H,30,31)/b20-15-. The number of carboxylic acid groups (broad SMARTS) is 1. The van der Waals surface area contributed by atoms with Gasteiger partial charge in [0.15, 0.2) is 0 Å². The Kier molecular flexibility index (Phi) is 7.82. The first kappa shape index (κ1) is 24.7. The van der Waals surface area contributed by atoms with Crippen LogP contribution in [0.15, 0.2) is 72.0 Å². The van der Waals surface area contributed by atoms with E-state index < -0.39 is 23.6 Å². The lowest BCUT2D eigenvalue weighted by Crippen LogP contribution is -2.30. The molecule has 2 rings (SSSR count). The number of alkyl halides is 3. The van der Waals surface area contributed by atoms with E-state index >= 15 is 0 Å². The normalized spacial score (nSPS) is 12.1. The number of nitrogens with one attached hydrogen (secondary N) is 1. The zero-order chi connectivity index (χ0) is 24.1. The number of carbonyl (C=O) groups is 2. The quantitative estimate of drug-likeness (QED) is 0.302. The van der Waals surface area contributed by atoms with Crippen molar-refractivity contribution >= 4 is 17.6 Å². The Hall–Kier alpha value is -3.59. The van der Waals surface area contributed by atoms with Crippen LogP contribution >= 0.6 is 0 Å². The Morgan fingerprint density at radius 2 is 1.75 bits per heavy atom. The average Bonchev–Trinajstić information content (AvgIpc) is 2.71. The van der Waals surface area contributed by atoms with Crippen LogP contribution in [0.2, 0.25) is 0 Å². The van der Waals surface area contributed by atoms with Crippen LogP contribution in [0, 0.1) is 0 Å². The molecule has 0 heterocycles. The van der Waals surface area contributed by atoms with E-state index in [2.05, 4.69) is 11.9 Å². The fraction of sp³-hybridized carbons (Fsp3) is 0.217. The molecule has 2 aromatic rings. The number of hydrogen-bond acceptors (Lipinski definition) is 4. The number of carbonyl (C=O) groups excluding carboxylic acids is 1. The Bertz CT molecular complexity index is 1040. The van der Waals surface area contributed by atoms with Crippen LogP contribution in [0.4, 0.5) is 18.9 Å². The Morgan fingerprint density at radius 1 is 1.12 bits per heavy atom. The molecule has 2 aromatic carbocycles. The van der Waals surface area contributed by atoms with Gasteiger partial charge in [-0.2, -0.15) is 13.2 Å². The summed E-state index contributed by atoms with van der Waals surface area (Å²) in [7, 11) is 0. The number of aliphatic carboxylic acids is 1. The molecule has 0 radical (unpaired) electrons. The topological polar surface area (TPSA) is 95.7 Å². The first-order valence-electron chi connectivity index (χ1n) is 9.55. The van der Waals surface area contributed by atoms with Gasteiger partial charge in [-0.3, -0.25) is 9.59 Å². The van der Waals surface area contributed by atoms with Crippen LogP contribution in [0.1, 0.15) is 41.8 Å². The number of carboxylic acids is 1. The number of anilines is 1. The Balaban J connectivity index is 2.10. The van der Waals surface area contributed by atoms with Crippen molar-refractivity contribution in [3.05, 3.63) is 88.6 Å². The van der Waals surface area contributed by atoms with Crippen LogP contribution in [0.25, 0.3) is 0 Å². The summed E-state index contributed by atoms with van der Waals surface area (Å²) in [6, 6.07) is 10.8. The average molecular weight is 447 g/mol. The molecular weight excluding hydrogens is 423 g/mol. The van der Waals surface area contributed by atoms with Gasteiger partial charge in [0.05, 0.1) is 18.5 Å². The highest BCUT2D eigenvalue weighted by Crippen LogP contribution is 2.30. The van der Waals surface area contributed by atoms with Crippen LogP contribution in [0.5, 0.6) is 0 Å².